The molecule has 0 saturated carbocycles. The van der Waals surface area contributed by atoms with Crippen LogP contribution in [0.3, 0.4) is 0 Å². The molecule has 2 aromatic carbocycles. The summed E-state index contributed by atoms with van der Waals surface area (Å²) in [6.45, 7) is 3.01. The molecule has 0 unspecified atom stereocenters. The maximum Gasteiger partial charge on any atom is 0.0556 e. The second-order valence-corrected chi connectivity index (χ2v) is 5.84. The molecular formula is C17H17BrN2. The number of anilines is 1. The van der Waals surface area contributed by atoms with E-state index < -0.39 is 0 Å². The van der Waals surface area contributed by atoms with E-state index in [9.17, 15) is 0 Å². The van der Waals surface area contributed by atoms with Crippen LogP contribution in [-0.2, 0) is 13.6 Å². The van der Waals surface area contributed by atoms with Gasteiger partial charge in [0.25, 0.3) is 0 Å². The molecule has 0 fully saturated rings. The minimum absolute atomic E-state index is 0.819. The van der Waals surface area contributed by atoms with E-state index in [1.54, 1.807) is 0 Å². The van der Waals surface area contributed by atoms with Crippen molar-refractivity contribution >= 4 is 32.5 Å². The van der Waals surface area contributed by atoms with Crippen LogP contribution >= 0.6 is 15.9 Å². The van der Waals surface area contributed by atoms with Gasteiger partial charge in [-0.2, -0.15) is 0 Å². The maximum absolute atomic E-state index is 3.57. The first-order valence-electron chi connectivity index (χ1n) is 6.70. The molecule has 3 rings (SSSR count). The summed E-state index contributed by atoms with van der Waals surface area (Å²) in [6.07, 6.45) is 0. The lowest BCUT2D eigenvalue weighted by atomic mass is 10.1. The Bertz CT molecular complexity index is 720. The van der Waals surface area contributed by atoms with Crippen molar-refractivity contribution in [1.29, 1.82) is 0 Å². The number of nitrogens with zero attached hydrogens (tertiary/aromatic N) is 1. The van der Waals surface area contributed by atoms with Gasteiger partial charge in [0, 0.05) is 33.8 Å². The van der Waals surface area contributed by atoms with Crippen LogP contribution in [0.5, 0.6) is 0 Å². The van der Waals surface area contributed by atoms with Crippen LogP contribution in [0.25, 0.3) is 10.9 Å². The molecule has 20 heavy (non-hydrogen) atoms. The molecule has 1 aromatic heterocycles. The predicted molar refractivity (Wildman–Crippen MR) is 89.1 cm³/mol. The smallest absolute Gasteiger partial charge is 0.0556 e. The number of hydrogen-bond donors (Lipinski definition) is 1. The number of halogens is 1. The van der Waals surface area contributed by atoms with Crippen molar-refractivity contribution in [2.75, 3.05) is 5.32 Å². The van der Waals surface area contributed by atoms with Crippen molar-refractivity contribution in [2.24, 2.45) is 7.05 Å². The molecule has 0 aliphatic heterocycles. The Hall–Kier alpha value is -1.74. The Morgan fingerprint density at radius 1 is 1.05 bits per heavy atom. The van der Waals surface area contributed by atoms with Crippen LogP contribution < -0.4 is 5.32 Å². The van der Waals surface area contributed by atoms with Crippen molar-refractivity contribution < 1.29 is 0 Å². The fourth-order valence-corrected chi connectivity index (χ4v) is 3.10. The third-order valence-electron chi connectivity index (χ3n) is 3.83. The van der Waals surface area contributed by atoms with Gasteiger partial charge in [0.2, 0.25) is 0 Å². The number of aromatic nitrogens is 1. The molecule has 1 N–H and O–H groups in total. The van der Waals surface area contributed by atoms with Crippen LogP contribution in [0.15, 0.2) is 53.0 Å². The average Bonchev–Trinajstić information content (AvgIpc) is 2.71. The summed E-state index contributed by atoms with van der Waals surface area (Å²) in [5.74, 6) is 0. The Morgan fingerprint density at radius 2 is 1.75 bits per heavy atom. The van der Waals surface area contributed by atoms with Gasteiger partial charge in [-0.05, 0) is 46.6 Å². The highest BCUT2D eigenvalue weighted by Crippen LogP contribution is 2.26. The standard InChI is InChI=1S/C17H17BrN2/c1-12-13-7-3-6-10-16(13)20(2)17(12)11-19-15-9-5-4-8-14(15)18/h3-10,19H,11H2,1-2H3. The second-order valence-electron chi connectivity index (χ2n) is 4.98. The van der Waals surface area contributed by atoms with Crippen LogP contribution in [0.2, 0.25) is 0 Å². The van der Waals surface area contributed by atoms with Gasteiger partial charge in [0.05, 0.1) is 6.54 Å². The van der Waals surface area contributed by atoms with Crippen molar-refractivity contribution in [3.05, 3.63) is 64.3 Å². The highest BCUT2D eigenvalue weighted by atomic mass is 79.9. The van der Waals surface area contributed by atoms with Crippen LogP contribution in [-0.4, -0.2) is 4.57 Å². The highest BCUT2D eigenvalue weighted by molar-refractivity contribution is 9.10. The zero-order chi connectivity index (χ0) is 14.1. The zero-order valence-corrected chi connectivity index (χ0v) is 13.2. The molecule has 0 saturated heterocycles. The van der Waals surface area contributed by atoms with Crippen LogP contribution in [0, 0.1) is 6.92 Å². The zero-order valence-electron chi connectivity index (χ0n) is 11.7. The lowest BCUT2D eigenvalue weighted by Gasteiger charge is -2.10. The largest absolute Gasteiger partial charge is 0.379 e. The van der Waals surface area contributed by atoms with E-state index in [0.29, 0.717) is 0 Å². The van der Waals surface area contributed by atoms with Crippen molar-refractivity contribution in [3.63, 3.8) is 0 Å². The van der Waals surface area contributed by atoms with Crippen molar-refractivity contribution in [1.82, 2.24) is 4.57 Å². The summed E-state index contributed by atoms with van der Waals surface area (Å²) in [4.78, 5) is 0. The number of nitrogens with one attached hydrogen (secondary N) is 1. The molecule has 3 aromatic rings. The summed E-state index contributed by atoms with van der Waals surface area (Å²) in [5.41, 5.74) is 5.08. The molecule has 0 radical (unpaired) electrons. The van der Waals surface area contributed by atoms with E-state index in [1.807, 2.05) is 12.1 Å². The third kappa shape index (κ3) is 2.22. The lowest BCUT2D eigenvalue weighted by Crippen LogP contribution is -2.06. The molecule has 1 heterocycles. The number of benzene rings is 2. The third-order valence-corrected chi connectivity index (χ3v) is 4.52. The molecule has 0 atom stereocenters. The van der Waals surface area contributed by atoms with E-state index in [-0.39, 0.29) is 0 Å². The van der Waals surface area contributed by atoms with Gasteiger partial charge in [-0.25, -0.2) is 0 Å². The minimum atomic E-state index is 0.819. The van der Waals surface area contributed by atoms with Gasteiger partial charge >= 0.3 is 0 Å². The Kier molecular flexibility index (Phi) is 3.53. The first-order valence-corrected chi connectivity index (χ1v) is 7.49. The number of aryl methyl sites for hydroxylation is 2. The minimum Gasteiger partial charge on any atom is -0.379 e. The molecule has 2 nitrogen and oxygen atoms in total. The first kappa shape index (κ1) is 13.3. The first-order chi connectivity index (χ1) is 9.68. The normalized spacial score (nSPS) is 10.9. The molecule has 0 aliphatic rings. The van der Waals surface area contributed by atoms with Gasteiger partial charge in [-0.15, -0.1) is 0 Å². The summed E-state index contributed by atoms with van der Waals surface area (Å²) in [7, 11) is 2.13. The van der Waals surface area contributed by atoms with Crippen LogP contribution in [0.4, 0.5) is 5.69 Å². The van der Waals surface area contributed by atoms with Crippen LogP contribution in [0.1, 0.15) is 11.3 Å². The average molecular weight is 329 g/mol. The summed E-state index contributed by atoms with van der Waals surface area (Å²) in [6, 6.07) is 16.8. The van der Waals surface area contributed by atoms with Crippen molar-refractivity contribution in [3.8, 4) is 0 Å². The van der Waals surface area contributed by atoms with E-state index in [1.165, 1.54) is 22.2 Å². The Morgan fingerprint density at radius 3 is 2.50 bits per heavy atom. The SMILES string of the molecule is Cc1c(CNc2ccccc2Br)n(C)c2ccccc12. The summed E-state index contributed by atoms with van der Waals surface area (Å²) < 4.78 is 3.37. The second kappa shape index (κ2) is 5.33. The Labute approximate surface area is 127 Å². The molecule has 0 aliphatic carbocycles. The summed E-state index contributed by atoms with van der Waals surface area (Å²) in [5, 5.41) is 4.84. The number of para-hydroxylation sites is 2. The van der Waals surface area contributed by atoms with Gasteiger partial charge in [-0.3, -0.25) is 0 Å². The molecule has 0 amide bonds. The van der Waals surface area contributed by atoms with Gasteiger partial charge in [0.15, 0.2) is 0 Å². The Balaban J connectivity index is 1.94. The quantitative estimate of drug-likeness (QED) is 0.726. The van der Waals surface area contributed by atoms with Gasteiger partial charge in [-0.1, -0.05) is 30.3 Å². The molecular weight excluding hydrogens is 312 g/mol. The fraction of sp³-hybridized carbons (Fsp3) is 0.176. The maximum atomic E-state index is 3.57. The topological polar surface area (TPSA) is 17.0 Å². The molecule has 0 spiro atoms. The molecule has 3 heteroatoms. The number of rotatable bonds is 3. The van der Waals surface area contributed by atoms with Gasteiger partial charge < -0.3 is 9.88 Å². The van der Waals surface area contributed by atoms with Crippen molar-refractivity contribution in [2.45, 2.75) is 13.5 Å². The van der Waals surface area contributed by atoms with E-state index in [4.69, 9.17) is 0 Å². The van der Waals surface area contributed by atoms with E-state index in [2.05, 4.69) is 76.2 Å². The fourth-order valence-electron chi connectivity index (χ4n) is 2.67. The lowest BCUT2D eigenvalue weighted by molar-refractivity contribution is 0.862. The number of hydrogen-bond acceptors (Lipinski definition) is 1. The predicted octanol–water partition coefficient (Wildman–Crippen LogP) is 4.86. The number of fused-ring (bicyclic) bond motifs is 1. The van der Waals surface area contributed by atoms with Gasteiger partial charge in [0.1, 0.15) is 0 Å². The van der Waals surface area contributed by atoms with E-state index in [0.717, 1.165) is 16.7 Å². The molecule has 102 valence electrons. The molecule has 0 bridgehead atoms. The highest BCUT2D eigenvalue weighted by Gasteiger charge is 2.11. The monoisotopic (exact) mass is 328 g/mol. The van der Waals surface area contributed by atoms with E-state index >= 15 is 0 Å². The summed E-state index contributed by atoms with van der Waals surface area (Å²) >= 11 is 3.57.